The number of benzene rings is 19. The Bertz CT molecular complexity index is 8300. The molecule has 0 aliphatic heterocycles. The highest BCUT2D eigenvalue weighted by Gasteiger charge is 2.25. The van der Waals surface area contributed by atoms with E-state index >= 15 is 0 Å². The molecule has 0 amide bonds. The molecule has 0 unspecified atom stereocenters. The van der Waals surface area contributed by atoms with Crippen LogP contribution in [-0.2, 0) is 0 Å². The first-order chi connectivity index (χ1) is 58.2. The van der Waals surface area contributed by atoms with E-state index in [4.69, 9.17) is 34.9 Å². The van der Waals surface area contributed by atoms with Crippen LogP contribution in [0.25, 0.3) is 253 Å². The summed E-state index contributed by atoms with van der Waals surface area (Å²) in [5.74, 6) is 1.29. The quantitative estimate of drug-likeness (QED) is 0.119. The minimum absolute atomic E-state index is 0.644. The van der Waals surface area contributed by atoms with Gasteiger partial charge < -0.3 is 0 Å². The fourth-order valence-corrected chi connectivity index (χ4v) is 18.8. The van der Waals surface area contributed by atoms with Gasteiger partial charge in [-0.2, -0.15) is 0 Å². The Morgan fingerprint density at radius 3 is 1.42 bits per heavy atom. The number of para-hydroxylation sites is 3. The van der Waals surface area contributed by atoms with Crippen LogP contribution in [0.1, 0.15) is 11.1 Å². The van der Waals surface area contributed by atoms with Gasteiger partial charge in [0, 0.05) is 89.4 Å². The van der Waals surface area contributed by atoms with Crippen molar-refractivity contribution in [3.8, 4) is 123 Å². The molecule has 118 heavy (non-hydrogen) atoms. The fourth-order valence-electron chi connectivity index (χ4n) is 18.8. The highest BCUT2D eigenvalue weighted by Crippen LogP contribution is 2.49. The number of rotatable bonds is 11. The van der Waals surface area contributed by atoms with Gasteiger partial charge in [-0.15, -0.1) is 0 Å². The summed E-state index contributed by atoms with van der Waals surface area (Å²) in [5, 5.41) is 22.4. The van der Waals surface area contributed by atoms with E-state index in [1.807, 2.05) is 30.6 Å². The minimum Gasteiger partial charge on any atom is -0.256 e. The van der Waals surface area contributed by atoms with Crippen LogP contribution in [0.2, 0.25) is 0 Å². The van der Waals surface area contributed by atoms with Crippen LogP contribution in [0, 0.1) is 13.8 Å². The van der Waals surface area contributed by atoms with Gasteiger partial charge in [0.25, 0.3) is 0 Å². The maximum atomic E-state index is 5.92. The number of aromatic nitrogens is 7. The molecule has 7 nitrogen and oxygen atoms in total. The van der Waals surface area contributed by atoms with Crippen LogP contribution in [0.4, 0.5) is 0 Å². The van der Waals surface area contributed by atoms with Crippen molar-refractivity contribution in [2.24, 2.45) is 0 Å². The highest BCUT2D eigenvalue weighted by molar-refractivity contribution is 6.28. The zero-order chi connectivity index (χ0) is 77.8. The van der Waals surface area contributed by atoms with Crippen LogP contribution in [0.15, 0.2) is 370 Å². The van der Waals surface area contributed by atoms with Crippen LogP contribution in [0.3, 0.4) is 0 Å². The maximum Gasteiger partial charge on any atom is 0.160 e. The molecule has 19 aromatic carbocycles. The minimum atomic E-state index is 0.644. The van der Waals surface area contributed by atoms with Gasteiger partial charge in [-0.25, -0.2) is 24.9 Å². The highest BCUT2D eigenvalue weighted by atomic mass is 14.9. The Morgan fingerprint density at radius 1 is 0.195 bits per heavy atom. The van der Waals surface area contributed by atoms with Crippen molar-refractivity contribution in [2.75, 3.05) is 0 Å². The third-order valence-corrected chi connectivity index (χ3v) is 24.7. The largest absolute Gasteiger partial charge is 0.256 e. The van der Waals surface area contributed by atoms with Crippen molar-refractivity contribution in [3.63, 3.8) is 0 Å². The summed E-state index contributed by atoms with van der Waals surface area (Å²) >= 11 is 0. The summed E-state index contributed by atoms with van der Waals surface area (Å²) in [4.78, 5) is 37.9. The predicted octanol–water partition coefficient (Wildman–Crippen LogP) is 29.1. The van der Waals surface area contributed by atoms with Gasteiger partial charge in [0.2, 0.25) is 0 Å². The topological polar surface area (TPSA) is 90.2 Å². The molecular formula is C111H67N7. The van der Waals surface area contributed by atoms with Crippen molar-refractivity contribution in [3.05, 3.63) is 381 Å². The molecule has 24 rings (SSSR count). The molecule has 0 fully saturated rings. The van der Waals surface area contributed by atoms with Gasteiger partial charge >= 0.3 is 0 Å². The van der Waals surface area contributed by atoms with E-state index in [9.17, 15) is 0 Å². The van der Waals surface area contributed by atoms with E-state index in [1.54, 1.807) is 0 Å². The molecule has 0 bridgehead atoms. The van der Waals surface area contributed by atoms with Crippen molar-refractivity contribution in [2.45, 2.75) is 13.8 Å². The Labute approximate surface area is 678 Å². The van der Waals surface area contributed by atoms with Gasteiger partial charge in [0.05, 0.1) is 44.7 Å². The molecule has 546 valence electrons. The second-order valence-corrected chi connectivity index (χ2v) is 31.5. The first-order valence-corrected chi connectivity index (χ1v) is 40.3. The number of aryl methyl sites for hydroxylation is 2. The Hall–Kier alpha value is -15.6. The van der Waals surface area contributed by atoms with Gasteiger partial charge in [0.15, 0.2) is 11.6 Å². The molecule has 0 atom stereocenters. The monoisotopic (exact) mass is 1500 g/mol. The average molecular weight is 1500 g/mol. The number of fused-ring (bicyclic) bond motifs is 6. The lowest BCUT2D eigenvalue weighted by Gasteiger charge is -2.20. The summed E-state index contributed by atoms with van der Waals surface area (Å²) in [6, 6.07) is 130. The van der Waals surface area contributed by atoms with E-state index in [0.717, 1.165) is 177 Å². The van der Waals surface area contributed by atoms with Gasteiger partial charge in [-0.3, -0.25) is 9.97 Å². The second kappa shape index (κ2) is 26.5. The molecular weight excluding hydrogens is 1430 g/mol. The molecule has 5 aromatic heterocycles. The lowest BCUT2D eigenvalue weighted by Crippen LogP contribution is -2.01. The molecule has 0 saturated carbocycles. The Morgan fingerprint density at radius 2 is 0.695 bits per heavy atom. The maximum absolute atomic E-state index is 5.92. The molecule has 5 heterocycles. The Balaban J connectivity index is 0.640. The van der Waals surface area contributed by atoms with Gasteiger partial charge in [-0.1, -0.05) is 303 Å². The van der Waals surface area contributed by atoms with Gasteiger partial charge in [0.1, 0.15) is 0 Å². The van der Waals surface area contributed by atoms with Crippen LogP contribution in [-0.4, -0.2) is 34.9 Å². The number of pyridine rings is 3. The van der Waals surface area contributed by atoms with E-state index in [2.05, 4.69) is 354 Å². The molecule has 0 radical (unpaired) electrons. The number of hydrogen-bond donors (Lipinski definition) is 0. The summed E-state index contributed by atoms with van der Waals surface area (Å²) in [6.07, 6.45) is 3.90. The molecule has 0 spiro atoms. The van der Waals surface area contributed by atoms with Crippen molar-refractivity contribution in [1.29, 1.82) is 0 Å². The lowest BCUT2D eigenvalue weighted by atomic mass is 9.86. The zero-order valence-corrected chi connectivity index (χ0v) is 64.3. The SMILES string of the molecule is Cc1cc(-c2cccc3cc(-c4ccc5nc(-c6ccc(-c7ccc8ccccc8n7)cc6)nc(-c6ccc(-c7ccc8ccccc8c7)cc6)c5c4)cnc23)ccc1-c1nc(-c2ccc(-c3cccc4cccnc34)cc2C)c2cc(-c3ccc4ccc5cccc6ccc3c4c56)cc(-c3ccc4ccc5cccc6ccc3c4c56)c2n1. The first-order valence-electron chi connectivity index (χ1n) is 40.3. The number of nitrogens with zero attached hydrogens (tertiary/aromatic N) is 7. The first kappa shape index (κ1) is 67.0. The van der Waals surface area contributed by atoms with Crippen LogP contribution in [0.5, 0.6) is 0 Å². The molecule has 24 aromatic rings. The van der Waals surface area contributed by atoms with Crippen LogP contribution < -0.4 is 0 Å². The smallest absolute Gasteiger partial charge is 0.160 e. The molecule has 0 aliphatic carbocycles. The normalized spacial score (nSPS) is 12.0. The number of hydrogen-bond acceptors (Lipinski definition) is 7. The predicted molar refractivity (Wildman–Crippen MR) is 493 cm³/mol. The lowest BCUT2D eigenvalue weighted by molar-refractivity contribution is 1.21. The fraction of sp³-hybridized carbons (Fsp3) is 0.0180. The van der Waals surface area contributed by atoms with E-state index in [-0.39, 0.29) is 0 Å². The third-order valence-electron chi connectivity index (χ3n) is 24.7. The van der Waals surface area contributed by atoms with E-state index in [1.165, 1.54) is 75.4 Å². The zero-order valence-electron chi connectivity index (χ0n) is 64.3. The van der Waals surface area contributed by atoms with Gasteiger partial charge in [-0.05, 0) is 199 Å². The van der Waals surface area contributed by atoms with Crippen LogP contribution >= 0.6 is 0 Å². The summed E-state index contributed by atoms with van der Waals surface area (Å²) < 4.78 is 0. The van der Waals surface area contributed by atoms with E-state index < -0.39 is 0 Å². The molecule has 0 saturated heterocycles. The third kappa shape index (κ3) is 10.9. The van der Waals surface area contributed by atoms with Crippen molar-refractivity contribution in [1.82, 2.24) is 34.9 Å². The summed E-state index contributed by atoms with van der Waals surface area (Å²) in [6.45, 7) is 4.42. The molecule has 0 aliphatic rings. The van der Waals surface area contributed by atoms with E-state index in [0.29, 0.717) is 11.6 Å². The molecule has 7 heteroatoms. The average Bonchev–Trinajstić information content (AvgIpc) is 0.724. The summed E-state index contributed by atoms with van der Waals surface area (Å²) in [7, 11) is 0. The van der Waals surface area contributed by atoms with Crippen molar-refractivity contribution >= 4 is 130 Å². The Kier molecular flexibility index (Phi) is 15.1. The molecule has 0 N–H and O–H groups in total. The standard InChI is InChI=1S/C111H67N7/c1-64-56-82(90-22-9-19-76-21-11-55-112-105(76)90)43-47-87(64)108-97-62-85(89-49-39-74-32-30-70-15-7-17-72-41-51-93(89)103(74)101(70)72)61-95(92-50-40-75-33-31-71-16-8-18-73-42-52-94(92)104(75)102(71)73)109(97)118-111(117-108)88-48-44-83(57-65(88)2)91-23-10-20-84-59-86(63-113-106(84)91)81-46-54-100-96(60-81)107(77-34-25-67(26-35-77)80-38-27-66-12-3-4-14-79(66)58-80)116-110(115-100)78-36-28-69(29-37-78)99-53-45-68-13-5-6-24-98(68)114-99/h3-63H,1-2H3. The second-order valence-electron chi connectivity index (χ2n) is 31.5. The summed E-state index contributed by atoms with van der Waals surface area (Å²) in [5.41, 5.74) is 27.2. The van der Waals surface area contributed by atoms with Crippen molar-refractivity contribution < 1.29 is 0 Å².